The Kier molecular flexibility index (Phi) is 3.74. The highest BCUT2D eigenvalue weighted by molar-refractivity contribution is 5.32. The lowest BCUT2D eigenvalue weighted by molar-refractivity contribution is 0.213. The summed E-state index contributed by atoms with van der Waals surface area (Å²) in [5.41, 5.74) is 4.63. The second-order valence-electron chi connectivity index (χ2n) is 7.25. The Morgan fingerprint density at radius 2 is 2.00 bits per heavy atom. The minimum atomic E-state index is 0.328. The number of hydrogen-bond acceptors (Lipinski definition) is 3. The quantitative estimate of drug-likeness (QED) is 0.853. The van der Waals surface area contributed by atoms with Crippen molar-refractivity contribution in [1.29, 1.82) is 5.26 Å². The molecule has 4 nitrogen and oxygen atoms in total. The van der Waals surface area contributed by atoms with E-state index in [0.717, 1.165) is 24.9 Å². The van der Waals surface area contributed by atoms with E-state index >= 15 is 0 Å². The Hall–Kier alpha value is -2.15. The molecule has 1 aromatic heterocycles. The number of fused-ring (bicyclic) bond motifs is 1. The SMILES string of the molecule is CC(C)(C)C1CCc2c(nnn2Cc2ccc(C#N)cc2)C1. The molecule has 3 rings (SSSR count). The van der Waals surface area contributed by atoms with Crippen LogP contribution in [-0.2, 0) is 19.4 Å². The molecule has 1 aliphatic rings. The minimum absolute atomic E-state index is 0.328. The molecule has 0 aliphatic heterocycles. The van der Waals surface area contributed by atoms with Gasteiger partial charge in [0.25, 0.3) is 0 Å². The summed E-state index contributed by atoms with van der Waals surface area (Å²) >= 11 is 0. The lowest BCUT2D eigenvalue weighted by Gasteiger charge is -2.33. The third-order valence-electron chi connectivity index (χ3n) is 4.73. The summed E-state index contributed by atoms with van der Waals surface area (Å²) in [4.78, 5) is 0. The Labute approximate surface area is 131 Å². The van der Waals surface area contributed by atoms with Crippen molar-refractivity contribution in [2.24, 2.45) is 11.3 Å². The molecule has 0 radical (unpaired) electrons. The van der Waals surface area contributed by atoms with Gasteiger partial charge in [0.15, 0.2) is 0 Å². The van der Waals surface area contributed by atoms with E-state index in [-0.39, 0.29) is 0 Å². The van der Waals surface area contributed by atoms with E-state index < -0.39 is 0 Å². The van der Waals surface area contributed by atoms with Crippen molar-refractivity contribution in [2.75, 3.05) is 0 Å². The van der Waals surface area contributed by atoms with E-state index in [1.807, 2.05) is 28.9 Å². The predicted octanol–water partition coefficient (Wildman–Crippen LogP) is 3.35. The largest absolute Gasteiger partial charge is 0.245 e. The summed E-state index contributed by atoms with van der Waals surface area (Å²) in [6, 6.07) is 9.85. The number of nitrogens with zero attached hydrogens (tertiary/aromatic N) is 4. The van der Waals surface area contributed by atoms with Gasteiger partial charge in [-0.25, -0.2) is 4.68 Å². The molecule has 2 aromatic rings. The lowest BCUT2D eigenvalue weighted by Crippen LogP contribution is -2.27. The summed E-state index contributed by atoms with van der Waals surface area (Å²) in [5.74, 6) is 0.681. The standard InChI is InChI=1S/C18H22N4/c1-18(2,3)15-8-9-17-16(10-15)20-21-22(17)12-14-6-4-13(11-19)5-7-14/h4-7,15H,8-10,12H2,1-3H3. The van der Waals surface area contributed by atoms with E-state index in [9.17, 15) is 0 Å². The average Bonchev–Trinajstić information content (AvgIpc) is 2.89. The van der Waals surface area contributed by atoms with Crippen LogP contribution < -0.4 is 0 Å². The van der Waals surface area contributed by atoms with E-state index in [2.05, 4.69) is 37.2 Å². The van der Waals surface area contributed by atoms with Gasteiger partial charge in [0.1, 0.15) is 0 Å². The van der Waals surface area contributed by atoms with E-state index in [1.54, 1.807) is 0 Å². The van der Waals surface area contributed by atoms with Crippen molar-refractivity contribution in [3.8, 4) is 6.07 Å². The maximum Gasteiger partial charge on any atom is 0.0991 e. The summed E-state index contributed by atoms with van der Waals surface area (Å²) in [6.07, 6.45) is 3.30. The second kappa shape index (κ2) is 5.57. The molecule has 0 amide bonds. The highest BCUT2D eigenvalue weighted by atomic mass is 15.4. The van der Waals surface area contributed by atoms with Crippen molar-refractivity contribution in [2.45, 2.75) is 46.6 Å². The maximum atomic E-state index is 8.86. The van der Waals surface area contributed by atoms with Gasteiger partial charge >= 0.3 is 0 Å². The number of rotatable bonds is 2. The first-order valence-electron chi connectivity index (χ1n) is 7.87. The zero-order valence-corrected chi connectivity index (χ0v) is 13.5. The summed E-state index contributed by atoms with van der Waals surface area (Å²) < 4.78 is 2.02. The van der Waals surface area contributed by atoms with Crippen LogP contribution in [0.1, 0.15) is 49.7 Å². The molecule has 1 aromatic carbocycles. The molecule has 0 saturated carbocycles. The third kappa shape index (κ3) is 2.89. The Balaban J connectivity index is 1.78. The van der Waals surface area contributed by atoms with Gasteiger partial charge in [0, 0.05) is 0 Å². The van der Waals surface area contributed by atoms with Crippen molar-refractivity contribution < 1.29 is 0 Å². The van der Waals surface area contributed by atoms with Crippen LogP contribution in [0.4, 0.5) is 0 Å². The smallest absolute Gasteiger partial charge is 0.0991 e. The highest BCUT2D eigenvalue weighted by Gasteiger charge is 2.31. The van der Waals surface area contributed by atoms with Crippen LogP contribution in [0.3, 0.4) is 0 Å². The van der Waals surface area contributed by atoms with Gasteiger partial charge in [-0.2, -0.15) is 5.26 Å². The Morgan fingerprint density at radius 3 is 2.64 bits per heavy atom. The molecule has 0 saturated heterocycles. The van der Waals surface area contributed by atoms with Crippen LogP contribution in [0.25, 0.3) is 0 Å². The van der Waals surface area contributed by atoms with E-state index in [1.165, 1.54) is 17.8 Å². The molecule has 0 fully saturated rings. The van der Waals surface area contributed by atoms with Crippen LogP contribution in [0.2, 0.25) is 0 Å². The van der Waals surface area contributed by atoms with Gasteiger partial charge in [-0.3, -0.25) is 0 Å². The topological polar surface area (TPSA) is 54.5 Å². The number of nitriles is 1. The maximum absolute atomic E-state index is 8.86. The molecule has 0 spiro atoms. The van der Waals surface area contributed by atoms with Gasteiger partial charge < -0.3 is 0 Å². The molecule has 1 atom stereocenters. The minimum Gasteiger partial charge on any atom is -0.245 e. The molecular formula is C18H22N4. The normalized spacial score (nSPS) is 17.8. The van der Waals surface area contributed by atoms with Gasteiger partial charge in [0.2, 0.25) is 0 Å². The van der Waals surface area contributed by atoms with Crippen LogP contribution >= 0.6 is 0 Å². The number of aromatic nitrogens is 3. The molecule has 114 valence electrons. The summed E-state index contributed by atoms with van der Waals surface area (Å²) in [6.45, 7) is 7.66. The molecule has 0 N–H and O–H groups in total. The van der Waals surface area contributed by atoms with Gasteiger partial charge in [-0.1, -0.05) is 38.1 Å². The molecule has 4 heteroatoms. The van der Waals surface area contributed by atoms with Gasteiger partial charge in [-0.05, 0) is 48.3 Å². The van der Waals surface area contributed by atoms with Crippen molar-refractivity contribution in [3.05, 3.63) is 46.8 Å². The predicted molar refractivity (Wildman–Crippen MR) is 85.3 cm³/mol. The van der Waals surface area contributed by atoms with Gasteiger partial charge in [-0.15, -0.1) is 5.10 Å². The fraction of sp³-hybridized carbons (Fsp3) is 0.500. The fourth-order valence-corrected chi connectivity index (χ4v) is 3.17. The number of hydrogen-bond donors (Lipinski definition) is 0. The third-order valence-corrected chi connectivity index (χ3v) is 4.73. The van der Waals surface area contributed by atoms with Crippen molar-refractivity contribution >= 4 is 0 Å². The number of benzene rings is 1. The lowest BCUT2D eigenvalue weighted by atomic mass is 9.73. The first-order chi connectivity index (χ1) is 10.5. The first kappa shape index (κ1) is 14.8. The molecule has 0 bridgehead atoms. The zero-order chi connectivity index (χ0) is 15.7. The highest BCUT2D eigenvalue weighted by Crippen LogP contribution is 2.36. The van der Waals surface area contributed by atoms with Crippen molar-refractivity contribution in [3.63, 3.8) is 0 Å². The Morgan fingerprint density at radius 1 is 1.27 bits per heavy atom. The molecule has 22 heavy (non-hydrogen) atoms. The van der Waals surface area contributed by atoms with Crippen molar-refractivity contribution in [1.82, 2.24) is 15.0 Å². The van der Waals surface area contributed by atoms with Crippen LogP contribution in [0, 0.1) is 22.7 Å². The first-order valence-corrected chi connectivity index (χ1v) is 7.87. The van der Waals surface area contributed by atoms with E-state index in [4.69, 9.17) is 5.26 Å². The summed E-state index contributed by atoms with van der Waals surface area (Å²) in [7, 11) is 0. The molecule has 1 unspecified atom stereocenters. The van der Waals surface area contributed by atoms with Crippen LogP contribution in [-0.4, -0.2) is 15.0 Å². The molecule has 1 heterocycles. The average molecular weight is 294 g/mol. The molecule has 1 aliphatic carbocycles. The molecular weight excluding hydrogens is 272 g/mol. The van der Waals surface area contributed by atoms with Crippen LogP contribution in [0.5, 0.6) is 0 Å². The van der Waals surface area contributed by atoms with E-state index in [0.29, 0.717) is 16.9 Å². The zero-order valence-electron chi connectivity index (χ0n) is 13.5. The summed E-state index contributed by atoms with van der Waals surface area (Å²) in [5, 5.41) is 17.6. The second-order valence-corrected chi connectivity index (χ2v) is 7.25. The van der Waals surface area contributed by atoms with Gasteiger partial charge in [0.05, 0.1) is 29.6 Å². The monoisotopic (exact) mass is 294 g/mol. The van der Waals surface area contributed by atoms with Crippen LogP contribution in [0.15, 0.2) is 24.3 Å². The fourth-order valence-electron chi connectivity index (χ4n) is 3.17. The Bertz CT molecular complexity index is 698.